The Kier molecular flexibility index (Phi) is 58.4. The number of phosphoric acid groups is 2. The average molecular weight is 1270 g/mol. The summed E-state index contributed by atoms with van der Waals surface area (Å²) in [4.78, 5) is 72.2. The molecule has 0 aromatic heterocycles. The lowest BCUT2D eigenvalue weighted by Crippen LogP contribution is -2.30. The van der Waals surface area contributed by atoms with Crippen molar-refractivity contribution in [1.82, 2.24) is 0 Å². The van der Waals surface area contributed by atoms with E-state index in [1.54, 1.807) is 0 Å². The fourth-order valence-electron chi connectivity index (χ4n) is 9.57. The molecule has 0 aromatic carbocycles. The van der Waals surface area contributed by atoms with Crippen LogP contribution in [0, 0.1) is 5.92 Å². The van der Waals surface area contributed by atoms with E-state index in [1.165, 1.54) is 116 Å². The molecule has 0 spiro atoms. The van der Waals surface area contributed by atoms with E-state index in [1.807, 2.05) is 0 Å². The van der Waals surface area contributed by atoms with Gasteiger partial charge in [-0.1, -0.05) is 264 Å². The first kappa shape index (κ1) is 83.5. The van der Waals surface area contributed by atoms with Crippen molar-refractivity contribution in [2.24, 2.45) is 5.92 Å². The molecule has 5 atom stereocenters. The van der Waals surface area contributed by atoms with Crippen molar-refractivity contribution in [2.45, 2.75) is 335 Å². The molecule has 86 heavy (non-hydrogen) atoms. The van der Waals surface area contributed by atoms with Crippen LogP contribution in [0.2, 0.25) is 0 Å². The second-order valence-electron chi connectivity index (χ2n) is 24.0. The van der Waals surface area contributed by atoms with Gasteiger partial charge in [-0.05, 0) is 57.3 Å². The molecule has 19 heteroatoms. The molecular weight excluding hydrogens is 1140 g/mol. The van der Waals surface area contributed by atoms with Gasteiger partial charge in [-0.3, -0.25) is 37.3 Å². The first-order chi connectivity index (χ1) is 41.5. The zero-order valence-corrected chi connectivity index (χ0v) is 56.7. The highest BCUT2D eigenvalue weighted by molar-refractivity contribution is 7.47. The highest BCUT2D eigenvalue weighted by Crippen LogP contribution is 2.45. The number of ether oxygens (including phenoxy) is 4. The minimum atomic E-state index is -4.96. The van der Waals surface area contributed by atoms with Crippen LogP contribution in [-0.4, -0.2) is 96.7 Å². The molecule has 0 rings (SSSR count). The van der Waals surface area contributed by atoms with Gasteiger partial charge >= 0.3 is 39.5 Å². The predicted octanol–water partition coefficient (Wildman–Crippen LogP) is 18.5. The molecule has 0 amide bonds. The number of aliphatic hydroxyl groups excluding tert-OH is 1. The molecule has 0 radical (unpaired) electrons. The molecule has 0 heterocycles. The topological polar surface area (TPSA) is 237 Å². The average Bonchev–Trinajstić information content (AvgIpc) is 3.49. The highest BCUT2D eigenvalue weighted by atomic mass is 31.2. The van der Waals surface area contributed by atoms with Gasteiger partial charge in [-0.25, -0.2) is 9.13 Å². The van der Waals surface area contributed by atoms with Gasteiger partial charge in [-0.15, -0.1) is 0 Å². The number of unbranched alkanes of at least 4 members (excludes halogenated alkanes) is 34. The van der Waals surface area contributed by atoms with Gasteiger partial charge in [0.05, 0.1) is 26.4 Å². The number of rotatable bonds is 65. The van der Waals surface area contributed by atoms with Crippen molar-refractivity contribution in [3.8, 4) is 0 Å². The lowest BCUT2D eigenvalue weighted by Gasteiger charge is -2.21. The fraction of sp³-hybridized carbons (Fsp3) is 0.881. The van der Waals surface area contributed by atoms with E-state index in [4.69, 9.17) is 37.0 Å². The standard InChI is InChI=1S/C67H126O17P2/c1-6-9-12-15-18-20-22-24-26-28-30-32-37-42-47-52-66(71)83-63(57-78-65(70)51-46-41-36-31-29-27-25-23-21-19-16-13-10-7-2)59-82-86(75,76)80-55-61(68)54-79-85(73,74)81-58-62(56-77-64(69)50-45-40-34-17-14-11-8-3)84-67(72)53-48-43-38-33-35-39-44-49-60(4)5/h20,22,24,26,60-63,68H,6-19,21,23,25,27-59H2,1-5H3,(H,73,74)(H,75,76)/b22-20-,26-24-/t61-,62+,63+/m0/s1. The minimum Gasteiger partial charge on any atom is -0.462 e. The zero-order valence-electron chi connectivity index (χ0n) is 54.9. The first-order valence-corrected chi connectivity index (χ1v) is 37.4. The van der Waals surface area contributed by atoms with Crippen LogP contribution in [0.4, 0.5) is 0 Å². The van der Waals surface area contributed by atoms with Crippen molar-refractivity contribution in [3.63, 3.8) is 0 Å². The van der Waals surface area contributed by atoms with Gasteiger partial charge in [0, 0.05) is 25.7 Å². The second kappa shape index (κ2) is 60.1. The molecule has 0 bridgehead atoms. The zero-order chi connectivity index (χ0) is 63.5. The summed E-state index contributed by atoms with van der Waals surface area (Å²) in [6.07, 6.45) is 48.2. The Hall–Kier alpha value is -2.46. The van der Waals surface area contributed by atoms with Crippen LogP contribution in [0.1, 0.15) is 317 Å². The van der Waals surface area contributed by atoms with E-state index in [0.29, 0.717) is 31.6 Å². The minimum absolute atomic E-state index is 0.0853. The normalized spacial score (nSPS) is 14.3. The van der Waals surface area contributed by atoms with Crippen molar-refractivity contribution in [1.29, 1.82) is 0 Å². The third-order valence-electron chi connectivity index (χ3n) is 14.9. The van der Waals surface area contributed by atoms with Crippen molar-refractivity contribution in [2.75, 3.05) is 39.6 Å². The summed E-state index contributed by atoms with van der Waals surface area (Å²) in [5.41, 5.74) is 0. The lowest BCUT2D eigenvalue weighted by molar-refractivity contribution is -0.161. The molecule has 0 aliphatic carbocycles. The summed E-state index contributed by atoms with van der Waals surface area (Å²) >= 11 is 0. The van der Waals surface area contributed by atoms with Crippen molar-refractivity contribution < 1.29 is 80.2 Å². The second-order valence-corrected chi connectivity index (χ2v) is 26.9. The molecule has 0 aliphatic rings. The molecule has 506 valence electrons. The molecule has 0 fully saturated rings. The van der Waals surface area contributed by atoms with E-state index in [2.05, 4.69) is 58.9 Å². The number of phosphoric ester groups is 2. The number of hydrogen-bond acceptors (Lipinski definition) is 15. The van der Waals surface area contributed by atoms with E-state index >= 15 is 0 Å². The molecule has 2 unspecified atom stereocenters. The van der Waals surface area contributed by atoms with Crippen LogP contribution in [0.5, 0.6) is 0 Å². The third-order valence-corrected chi connectivity index (χ3v) is 16.8. The van der Waals surface area contributed by atoms with Crippen molar-refractivity contribution >= 4 is 39.5 Å². The number of esters is 4. The number of allylic oxidation sites excluding steroid dienone is 4. The summed E-state index contributed by atoms with van der Waals surface area (Å²) in [7, 11) is -9.90. The molecule has 0 saturated carbocycles. The van der Waals surface area contributed by atoms with Crippen molar-refractivity contribution in [3.05, 3.63) is 24.3 Å². The van der Waals surface area contributed by atoms with Gasteiger partial charge in [0.1, 0.15) is 19.3 Å². The molecule has 0 aromatic rings. The lowest BCUT2D eigenvalue weighted by atomic mass is 10.0. The van der Waals surface area contributed by atoms with Crippen LogP contribution < -0.4 is 0 Å². The molecule has 0 aliphatic heterocycles. The van der Waals surface area contributed by atoms with Gasteiger partial charge in [0.15, 0.2) is 12.2 Å². The summed E-state index contributed by atoms with van der Waals surface area (Å²) in [6.45, 7) is 7.05. The fourth-order valence-corrected chi connectivity index (χ4v) is 11.2. The Labute approximate surface area is 522 Å². The van der Waals surface area contributed by atoms with Gasteiger partial charge in [-0.2, -0.15) is 0 Å². The summed E-state index contributed by atoms with van der Waals surface area (Å²) < 4.78 is 68.0. The first-order valence-electron chi connectivity index (χ1n) is 34.5. The Balaban J connectivity index is 5.25. The Morgan fingerprint density at radius 1 is 0.360 bits per heavy atom. The molecule has 0 saturated heterocycles. The summed E-state index contributed by atoms with van der Waals surface area (Å²) in [6, 6.07) is 0. The smallest absolute Gasteiger partial charge is 0.462 e. The Morgan fingerprint density at radius 2 is 0.628 bits per heavy atom. The van der Waals surface area contributed by atoms with E-state index in [0.717, 1.165) is 116 Å². The third kappa shape index (κ3) is 60.5. The molecular formula is C67H126O17P2. The number of aliphatic hydroxyl groups is 1. The molecule has 17 nitrogen and oxygen atoms in total. The van der Waals surface area contributed by atoms with E-state index in [-0.39, 0.29) is 25.7 Å². The monoisotopic (exact) mass is 1260 g/mol. The van der Waals surface area contributed by atoms with Gasteiger partial charge in [0.25, 0.3) is 0 Å². The maximum Gasteiger partial charge on any atom is 0.472 e. The van der Waals surface area contributed by atoms with Crippen LogP contribution >= 0.6 is 15.6 Å². The van der Waals surface area contributed by atoms with E-state index < -0.39 is 97.5 Å². The van der Waals surface area contributed by atoms with Gasteiger partial charge in [0.2, 0.25) is 0 Å². The van der Waals surface area contributed by atoms with Crippen LogP contribution in [0.3, 0.4) is 0 Å². The van der Waals surface area contributed by atoms with Gasteiger partial charge < -0.3 is 33.8 Å². The predicted molar refractivity (Wildman–Crippen MR) is 344 cm³/mol. The summed E-state index contributed by atoms with van der Waals surface area (Å²) in [5.74, 6) is -1.47. The SMILES string of the molecule is CCCCCC/C=C\C=C/CCCCCCCC(=O)O[C@H](COC(=O)CCCCCCCCCCCCCCCC)COP(=O)(O)OC[C@@H](O)COP(=O)(O)OC[C@@H](COC(=O)CCCCCCCCC)OC(=O)CCCCCCCCCC(C)C. The Morgan fingerprint density at radius 3 is 0.953 bits per heavy atom. The highest BCUT2D eigenvalue weighted by Gasteiger charge is 2.30. The van der Waals surface area contributed by atoms with Crippen LogP contribution in [-0.2, 0) is 65.4 Å². The van der Waals surface area contributed by atoms with Crippen LogP contribution in [0.15, 0.2) is 24.3 Å². The van der Waals surface area contributed by atoms with Crippen LogP contribution in [0.25, 0.3) is 0 Å². The Bertz CT molecular complexity index is 1760. The largest absolute Gasteiger partial charge is 0.472 e. The maximum atomic E-state index is 13.0. The quantitative estimate of drug-likeness (QED) is 0.0169. The number of hydrogen-bond donors (Lipinski definition) is 3. The summed E-state index contributed by atoms with van der Waals surface area (Å²) in [5, 5.41) is 10.5. The number of carbonyl (C=O) groups excluding carboxylic acids is 4. The number of carbonyl (C=O) groups is 4. The van der Waals surface area contributed by atoms with E-state index in [9.17, 15) is 43.2 Å². The maximum absolute atomic E-state index is 13.0. The molecule has 3 N–H and O–H groups in total.